The molecule has 0 radical (unpaired) electrons. The molecule has 0 spiro atoms. The van der Waals surface area contributed by atoms with E-state index in [9.17, 15) is 46.1 Å². The highest BCUT2D eigenvalue weighted by atomic mass is 32.2. The van der Waals surface area contributed by atoms with Gasteiger partial charge in [-0.05, 0) is 48.6 Å². The van der Waals surface area contributed by atoms with Gasteiger partial charge >= 0.3 is 16.3 Å². The van der Waals surface area contributed by atoms with Gasteiger partial charge in [0.05, 0.1) is 6.04 Å². The van der Waals surface area contributed by atoms with E-state index in [0.717, 1.165) is 41.9 Å². The van der Waals surface area contributed by atoms with E-state index in [-0.39, 0.29) is 6.54 Å². The molecule has 45 heavy (non-hydrogen) atoms. The molecule has 0 aromatic carbocycles. The summed E-state index contributed by atoms with van der Waals surface area (Å²) in [5.41, 5.74) is -9.61. The van der Waals surface area contributed by atoms with Gasteiger partial charge in [-0.3, -0.25) is 14.0 Å². The van der Waals surface area contributed by atoms with Gasteiger partial charge in [0.15, 0.2) is 17.7 Å². The minimum Gasteiger partial charge on any atom is -0.479 e. The van der Waals surface area contributed by atoms with E-state index in [1.807, 2.05) is 11.9 Å². The monoisotopic (exact) mass is 693 g/mol. The van der Waals surface area contributed by atoms with E-state index in [2.05, 4.69) is 4.90 Å². The van der Waals surface area contributed by atoms with E-state index >= 15 is 0 Å². The van der Waals surface area contributed by atoms with Gasteiger partial charge < -0.3 is 43.9 Å². The minimum absolute atomic E-state index is 0.0966. The molecule has 3 rings (SSSR count). The summed E-state index contributed by atoms with van der Waals surface area (Å²) < 4.78 is 102. The van der Waals surface area contributed by atoms with Crippen LogP contribution in [0.4, 0.5) is 0 Å². The summed E-state index contributed by atoms with van der Waals surface area (Å²) in [6.45, 7) is 8.82. The zero-order valence-electron chi connectivity index (χ0n) is 26.9. The summed E-state index contributed by atoms with van der Waals surface area (Å²) in [6.07, 6.45) is -3.45. The number of aliphatic carboxylic acids is 1. The van der Waals surface area contributed by atoms with E-state index in [0.29, 0.717) is 26.2 Å². The Hall–Kier alpha value is -1.11. The molecule has 18 nitrogen and oxygen atoms in total. The number of nitrogens with zero attached hydrogens (tertiary/aromatic N) is 2. The lowest BCUT2D eigenvalue weighted by Gasteiger charge is -2.64. The zero-order valence-corrected chi connectivity index (χ0v) is 28.5. The number of piperazine rings is 1. The normalized spacial score (nSPS) is 45.8. The average molecular weight is 694 g/mol. The second-order valence-corrected chi connectivity index (χ2v) is 15.7. The highest BCUT2D eigenvalue weighted by molar-refractivity contribution is 7.86. The number of methoxy groups -OCH3 is 2. The molecule has 10 atom stereocenters. The standard InChI is InChI=1S/C25H47N3O15S2/c1-20(43-25(6)24(5,32)23(4,31)21(2,39-8)17(42-25)19(29)30)15(14-28-12-10-27(7)11-13-28)41-22(3,40-9)16(26-45(36,37)38)18(20)44(33,34)35/h15-18,26,31-32H,10-14H2,1-9H3,(H,29,30)(H,33,34,35)(H,36,37,38). The second kappa shape index (κ2) is 12.1. The van der Waals surface area contributed by atoms with Crippen LogP contribution in [0.1, 0.15) is 41.5 Å². The van der Waals surface area contributed by atoms with Crippen molar-refractivity contribution in [1.29, 1.82) is 0 Å². The Morgan fingerprint density at radius 3 is 1.87 bits per heavy atom. The van der Waals surface area contributed by atoms with Gasteiger partial charge in [0.25, 0.3) is 10.1 Å². The van der Waals surface area contributed by atoms with E-state index < -0.39 is 83.9 Å². The van der Waals surface area contributed by atoms with Crippen molar-refractivity contribution >= 4 is 26.4 Å². The topological polar surface area (TPSA) is 251 Å². The Balaban J connectivity index is 2.31. The maximum absolute atomic E-state index is 13.3. The predicted molar refractivity (Wildman–Crippen MR) is 155 cm³/mol. The molecule has 0 saturated carbocycles. The summed E-state index contributed by atoms with van der Waals surface area (Å²) in [6, 6.07) is -2.10. The molecule has 3 fully saturated rings. The number of likely N-dealkylation sites (N-methyl/N-ethyl adjacent to an activating group) is 1. The maximum atomic E-state index is 13.3. The van der Waals surface area contributed by atoms with Crippen LogP contribution in [0.2, 0.25) is 0 Å². The summed E-state index contributed by atoms with van der Waals surface area (Å²) >= 11 is 0. The van der Waals surface area contributed by atoms with Gasteiger partial charge in [-0.1, -0.05) is 0 Å². The smallest absolute Gasteiger partial charge is 0.336 e. The largest absolute Gasteiger partial charge is 0.479 e. The number of carboxylic acid groups (broad SMARTS) is 1. The third-order valence-corrected chi connectivity index (χ3v) is 12.1. The van der Waals surface area contributed by atoms with Crippen molar-refractivity contribution in [3.05, 3.63) is 0 Å². The first-order chi connectivity index (χ1) is 20.2. The van der Waals surface area contributed by atoms with E-state index in [1.54, 1.807) is 4.72 Å². The molecule has 0 bridgehead atoms. The number of hydrogen-bond donors (Lipinski definition) is 6. The van der Waals surface area contributed by atoms with Crippen LogP contribution in [0, 0.1) is 0 Å². The number of rotatable bonds is 10. The lowest BCUT2D eigenvalue weighted by molar-refractivity contribution is -0.456. The van der Waals surface area contributed by atoms with Crippen molar-refractivity contribution in [1.82, 2.24) is 14.5 Å². The van der Waals surface area contributed by atoms with Crippen molar-refractivity contribution in [2.24, 2.45) is 0 Å². The van der Waals surface area contributed by atoms with Crippen molar-refractivity contribution in [3.8, 4) is 0 Å². The number of aliphatic hydroxyl groups is 2. The highest BCUT2D eigenvalue weighted by Gasteiger charge is 2.76. The first-order valence-corrected chi connectivity index (χ1v) is 17.1. The van der Waals surface area contributed by atoms with E-state index in [4.69, 9.17) is 23.7 Å². The fraction of sp³-hybridized carbons (Fsp3) is 0.960. The van der Waals surface area contributed by atoms with Gasteiger partial charge in [-0.2, -0.15) is 21.6 Å². The zero-order chi connectivity index (χ0) is 34.8. The van der Waals surface area contributed by atoms with Crippen LogP contribution in [0.25, 0.3) is 0 Å². The fourth-order valence-electron chi connectivity index (χ4n) is 6.61. The summed E-state index contributed by atoms with van der Waals surface area (Å²) in [5.74, 6) is -6.41. The molecule has 3 aliphatic heterocycles. The third kappa shape index (κ3) is 6.52. The molecule has 0 aliphatic carbocycles. The van der Waals surface area contributed by atoms with Crippen LogP contribution >= 0.6 is 0 Å². The first kappa shape index (κ1) is 38.3. The molecule has 0 aromatic heterocycles. The molecule has 6 N–H and O–H groups in total. The quantitative estimate of drug-likeness (QED) is 0.134. The molecule has 3 aliphatic rings. The van der Waals surface area contributed by atoms with Gasteiger partial charge in [-0.15, -0.1) is 0 Å². The summed E-state index contributed by atoms with van der Waals surface area (Å²) in [5, 5.41) is 31.4. The van der Waals surface area contributed by atoms with Crippen LogP contribution in [0.3, 0.4) is 0 Å². The molecular weight excluding hydrogens is 646 g/mol. The SMILES string of the molecule is COC1(C)OC(CN2CCN(C)CC2)C(C)(OC2(C)OC(C(=O)O)C(C)(OC)C(C)(O)C2(C)O)C(S(=O)(=O)O)C1NS(=O)(=O)O. The van der Waals surface area contributed by atoms with Gasteiger partial charge in [0.2, 0.25) is 0 Å². The van der Waals surface area contributed by atoms with Crippen LogP contribution in [-0.2, 0) is 48.9 Å². The van der Waals surface area contributed by atoms with Gasteiger partial charge in [0, 0.05) is 46.9 Å². The molecule has 3 heterocycles. The molecule has 264 valence electrons. The molecule has 0 aromatic rings. The number of carboxylic acids is 1. The average Bonchev–Trinajstić information content (AvgIpc) is 2.88. The predicted octanol–water partition coefficient (Wildman–Crippen LogP) is -2.11. The molecule has 20 heteroatoms. The number of carbonyl (C=O) groups is 1. The first-order valence-electron chi connectivity index (χ1n) is 14.1. The number of hydrogen-bond acceptors (Lipinski definition) is 14. The molecule has 3 saturated heterocycles. The lowest BCUT2D eigenvalue weighted by Crippen LogP contribution is -2.85. The van der Waals surface area contributed by atoms with Crippen LogP contribution < -0.4 is 4.72 Å². The Labute approximate surface area is 263 Å². The van der Waals surface area contributed by atoms with Crippen molar-refractivity contribution in [3.63, 3.8) is 0 Å². The third-order valence-electron chi connectivity index (χ3n) is 10.2. The molecule has 10 unspecified atom stereocenters. The van der Waals surface area contributed by atoms with Crippen molar-refractivity contribution < 1.29 is 69.7 Å². The Bertz CT molecular complexity index is 1340. The Morgan fingerprint density at radius 2 is 1.44 bits per heavy atom. The lowest BCUT2D eigenvalue weighted by atomic mass is 9.64. The number of nitrogens with one attached hydrogen (secondary N) is 1. The maximum Gasteiger partial charge on any atom is 0.336 e. The summed E-state index contributed by atoms with van der Waals surface area (Å²) in [4.78, 5) is 16.4. The summed E-state index contributed by atoms with van der Waals surface area (Å²) in [7, 11) is -6.51. The fourth-order valence-corrected chi connectivity index (χ4v) is 8.82. The Morgan fingerprint density at radius 1 is 0.911 bits per heavy atom. The highest BCUT2D eigenvalue weighted by Crippen LogP contribution is 2.54. The van der Waals surface area contributed by atoms with Crippen LogP contribution in [0.5, 0.6) is 0 Å². The molecular formula is C25H47N3O15S2. The van der Waals surface area contributed by atoms with E-state index in [1.165, 1.54) is 13.8 Å². The van der Waals surface area contributed by atoms with Crippen molar-refractivity contribution in [2.75, 3.05) is 54.0 Å². The van der Waals surface area contributed by atoms with Gasteiger partial charge in [-0.25, -0.2) is 4.79 Å². The van der Waals surface area contributed by atoms with Crippen LogP contribution in [-0.4, -0.2) is 168 Å². The minimum atomic E-state index is -5.41. The van der Waals surface area contributed by atoms with Crippen LogP contribution in [0.15, 0.2) is 0 Å². The van der Waals surface area contributed by atoms with Gasteiger partial charge in [0.1, 0.15) is 33.8 Å². The number of ether oxygens (including phenoxy) is 5. The van der Waals surface area contributed by atoms with Crippen molar-refractivity contribution in [2.45, 2.75) is 99.0 Å². The Kier molecular flexibility index (Phi) is 10.3. The second-order valence-electron chi connectivity index (χ2n) is 13.0. The molecule has 0 amide bonds.